The van der Waals surface area contributed by atoms with Crippen LogP contribution in [0.5, 0.6) is 5.75 Å². The fraction of sp³-hybridized carbons (Fsp3) is 0.647. The van der Waals surface area contributed by atoms with E-state index < -0.39 is 8.32 Å². The largest absolute Gasteiger partial charge is 0.491 e. The van der Waals surface area contributed by atoms with Crippen LogP contribution in [0, 0.1) is 0 Å². The highest BCUT2D eigenvalue weighted by atomic mass is 28.4. The average molecular weight is 326 g/mol. The Bertz CT molecular complexity index is 440. The van der Waals surface area contributed by atoms with Crippen molar-refractivity contribution in [1.29, 1.82) is 0 Å². The molecule has 1 atom stereocenters. The van der Waals surface area contributed by atoms with Crippen molar-refractivity contribution in [3.63, 3.8) is 0 Å². The monoisotopic (exact) mass is 325 g/mol. The number of hydrogen-bond acceptors (Lipinski definition) is 4. The summed E-state index contributed by atoms with van der Waals surface area (Å²) in [7, 11) is -1.85. The lowest BCUT2D eigenvalue weighted by Gasteiger charge is -2.39. The minimum atomic E-state index is -1.85. The van der Waals surface area contributed by atoms with Gasteiger partial charge >= 0.3 is 0 Å². The van der Waals surface area contributed by atoms with E-state index in [4.69, 9.17) is 19.6 Å². The number of nitrogens with two attached hydrogens (primary N) is 1. The molecule has 0 fully saturated rings. The molecule has 0 bridgehead atoms. The highest BCUT2D eigenvalue weighted by molar-refractivity contribution is 6.74. The standard InChI is InChI=1S/C17H31NO3Si/c1-7-19-12-16(21-22(5,6)17(2,3)4)13-20-15-10-8-14(18)9-11-15/h8-11,16H,7,12-13,18H2,1-6H3. The Hall–Kier alpha value is -1.04. The second kappa shape index (κ2) is 7.99. The van der Waals surface area contributed by atoms with Crippen LogP contribution >= 0.6 is 0 Å². The summed E-state index contributed by atoms with van der Waals surface area (Å²) < 4.78 is 17.8. The first-order valence-electron chi connectivity index (χ1n) is 7.89. The minimum absolute atomic E-state index is 0.0570. The third-order valence-electron chi connectivity index (χ3n) is 4.09. The predicted octanol–water partition coefficient (Wildman–Crippen LogP) is 4.07. The van der Waals surface area contributed by atoms with Crippen molar-refractivity contribution in [2.75, 3.05) is 25.6 Å². The third-order valence-corrected chi connectivity index (χ3v) is 8.63. The zero-order chi connectivity index (χ0) is 16.8. The maximum atomic E-state index is 6.41. The fourth-order valence-electron chi connectivity index (χ4n) is 1.71. The van der Waals surface area contributed by atoms with Crippen molar-refractivity contribution in [2.24, 2.45) is 0 Å². The Morgan fingerprint density at radius 2 is 1.68 bits per heavy atom. The average Bonchev–Trinajstić information content (AvgIpc) is 2.42. The molecule has 0 heterocycles. The highest BCUT2D eigenvalue weighted by Gasteiger charge is 2.39. The van der Waals surface area contributed by atoms with Gasteiger partial charge in [0.05, 0.1) is 6.61 Å². The lowest BCUT2D eigenvalue weighted by molar-refractivity contribution is 0.0232. The maximum absolute atomic E-state index is 6.41. The number of anilines is 1. The molecule has 0 spiro atoms. The van der Waals surface area contributed by atoms with Crippen molar-refractivity contribution in [3.8, 4) is 5.75 Å². The van der Waals surface area contributed by atoms with E-state index in [0.29, 0.717) is 19.8 Å². The van der Waals surface area contributed by atoms with Gasteiger partial charge in [-0.05, 0) is 49.3 Å². The van der Waals surface area contributed by atoms with Crippen molar-refractivity contribution in [1.82, 2.24) is 0 Å². The van der Waals surface area contributed by atoms with E-state index in [9.17, 15) is 0 Å². The molecule has 0 aliphatic heterocycles. The molecule has 1 unspecified atom stereocenters. The first-order chi connectivity index (χ1) is 10.2. The summed E-state index contributed by atoms with van der Waals surface area (Å²) in [6.45, 7) is 14.9. The molecule has 0 radical (unpaired) electrons. The Morgan fingerprint density at radius 3 is 2.18 bits per heavy atom. The van der Waals surface area contributed by atoms with Gasteiger partial charge in [-0.2, -0.15) is 0 Å². The van der Waals surface area contributed by atoms with Gasteiger partial charge in [-0.15, -0.1) is 0 Å². The van der Waals surface area contributed by atoms with E-state index in [-0.39, 0.29) is 11.1 Å². The number of ether oxygens (including phenoxy) is 2. The molecule has 0 aliphatic carbocycles. The lowest BCUT2D eigenvalue weighted by atomic mass is 10.2. The number of rotatable bonds is 8. The lowest BCUT2D eigenvalue weighted by Crippen LogP contribution is -2.46. The first-order valence-corrected chi connectivity index (χ1v) is 10.8. The van der Waals surface area contributed by atoms with Crippen molar-refractivity contribution < 1.29 is 13.9 Å². The number of nitrogen functional groups attached to an aromatic ring is 1. The van der Waals surface area contributed by atoms with Crippen LogP contribution < -0.4 is 10.5 Å². The molecular formula is C17H31NO3Si. The topological polar surface area (TPSA) is 53.7 Å². The van der Waals surface area contributed by atoms with Crippen LogP contribution in [0.3, 0.4) is 0 Å². The molecule has 0 aromatic heterocycles. The summed E-state index contributed by atoms with van der Waals surface area (Å²) in [6.07, 6.45) is -0.0570. The molecule has 22 heavy (non-hydrogen) atoms. The van der Waals surface area contributed by atoms with Crippen molar-refractivity contribution in [2.45, 2.75) is 51.9 Å². The van der Waals surface area contributed by atoms with Crippen LogP contribution in [-0.2, 0) is 9.16 Å². The van der Waals surface area contributed by atoms with Gasteiger partial charge in [0.1, 0.15) is 18.5 Å². The molecule has 0 amide bonds. The van der Waals surface area contributed by atoms with Crippen LogP contribution in [0.25, 0.3) is 0 Å². The summed E-state index contributed by atoms with van der Waals surface area (Å²) in [5, 5.41) is 0.165. The molecular weight excluding hydrogens is 294 g/mol. The second-order valence-corrected chi connectivity index (χ2v) is 11.8. The first kappa shape index (κ1) is 19.0. The maximum Gasteiger partial charge on any atom is 0.192 e. The third kappa shape index (κ3) is 5.99. The second-order valence-electron chi connectivity index (χ2n) is 7.04. The van der Waals surface area contributed by atoms with Gasteiger partial charge in [0.15, 0.2) is 8.32 Å². The normalized spacial score (nSPS) is 13.9. The van der Waals surface area contributed by atoms with Crippen LogP contribution in [0.4, 0.5) is 5.69 Å². The molecule has 4 nitrogen and oxygen atoms in total. The number of benzene rings is 1. The van der Waals surface area contributed by atoms with E-state index in [0.717, 1.165) is 11.4 Å². The van der Waals surface area contributed by atoms with Crippen molar-refractivity contribution in [3.05, 3.63) is 24.3 Å². The molecule has 0 saturated carbocycles. The summed E-state index contributed by atoms with van der Waals surface area (Å²) in [6, 6.07) is 7.42. The van der Waals surface area contributed by atoms with Gasteiger partial charge < -0.3 is 19.6 Å². The van der Waals surface area contributed by atoms with E-state index in [1.807, 2.05) is 31.2 Å². The van der Waals surface area contributed by atoms with E-state index in [2.05, 4.69) is 33.9 Å². The van der Waals surface area contributed by atoms with Crippen LogP contribution in [0.1, 0.15) is 27.7 Å². The molecule has 0 aliphatic rings. The minimum Gasteiger partial charge on any atom is -0.491 e. The molecule has 1 aromatic carbocycles. The highest BCUT2D eigenvalue weighted by Crippen LogP contribution is 2.37. The summed E-state index contributed by atoms with van der Waals surface area (Å²) in [5.74, 6) is 0.800. The molecule has 126 valence electrons. The Labute approximate surface area is 136 Å². The summed E-state index contributed by atoms with van der Waals surface area (Å²) in [5.41, 5.74) is 6.42. The molecule has 1 rings (SSSR count). The number of hydrogen-bond donors (Lipinski definition) is 1. The smallest absolute Gasteiger partial charge is 0.192 e. The van der Waals surface area contributed by atoms with Crippen LogP contribution in [0.2, 0.25) is 18.1 Å². The Morgan fingerprint density at radius 1 is 1.09 bits per heavy atom. The quantitative estimate of drug-likeness (QED) is 0.578. The van der Waals surface area contributed by atoms with Gasteiger partial charge in [0, 0.05) is 12.3 Å². The summed E-state index contributed by atoms with van der Waals surface area (Å²) >= 11 is 0. The summed E-state index contributed by atoms with van der Waals surface area (Å²) in [4.78, 5) is 0. The zero-order valence-electron chi connectivity index (χ0n) is 14.8. The fourth-order valence-corrected chi connectivity index (χ4v) is 3.04. The Balaban J connectivity index is 2.66. The predicted molar refractivity (Wildman–Crippen MR) is 94.9 cm³/mol. The van der Waals surface area contributed by atoms with Crippen molar-refractivity contribution >= 4 is 14.0 Å². The Kier molecular flexibility index (Phi) is 6.90. The zero-order valence-corrected chi connectivity index (χ0v) is 15.8. The van der Waals surface area contributed by atoms with E-state index in [1.54, 1.807) is 0 Å². The SMILES string of the molecule is CCOCC(COc1ccc(N)cc1)O[Si](C)(C)C(C)(C)C. The van der Waals surface area contributed by atoms with E-state index in [1.165, 1.54) is 0 Å². The van der Waals surface area contributed by atoms with Gasteiger partial charge in [0.25, 0.3) is 0 Å². The van der Waals surface area contributed by atoms with Crippen LogP contribution in [0.15, 0.2) is 24.3 Å². The molecule has 2 N–H and O–H groups in total. The van der Waals surface area contributed by atoms with Crippen LogP contribution in [-0.4, -0.2) is 34.2 Å². The molecule has 5 heteroatoms. The van der Waals surface area contributed by atoms with Gasteiger partial charge in [-0.3, -0.25) is 0 Å². The molecule has 1 aromatic rings. The van der Waals surface area contributed by atoms with Gasteiger partial charge in [-0.25, -0.2) is 0 Å². The molecule has 0 saturated heterocycles. The van der Waals surface area contributed by atoms with Gasteiger partial charge in [0.2, 0.25) is 0 Å². The van der Waals surface area contributed by atoms with Gasteiger partial charge in [-0.1, -0.05) is 20.8 Å². The van der Waals surface area contributed by atoms with E-state index >= 15 is 0 Å².